The Morgan fingerprint density at radius 2 is 1.91 bits per heavy atom. The van der Waals surface area contributed by atoms with Crippen LogP contribution in [0.5, 0.6) is 0 Å². The minimum atomic E-state index is -4.38. The second kappa shape index (κ2) is 9.84. The number of piperidine rings is 1. The Hall–Kier alpha value is -2.54. The van der Waals surface area contributed by atoms with Gasteiger partial charge in [0, 0.05) is 28.7 Å². The molecule has 0 unspecified atom stereocenters. The minimum absolute atomic E-state index is 0.297. The number of carbonyl (C=O) groups is 1. The second-order valence-electron chi connectivity index (χ2n) is 10.6. The van der Waals surface area contributed by atoms with Gasteiger partial charge in [0.1, 0.15) is 0 Å². The van der Waals surface area contributed by atoms with Gasteiger partial charge in [-0.15, -0.1) is 11.3 Å². The summed E-state index contributed by atoms with van der Waals surface area (Å²) < 4.78 is 45.1. The van der Waals surface area contributed by atoms with E-state index in [1.807, 2.05) is 23.6 Å². The number of nitrogens with zero attached hydrogens (tertiary/aromatic N) is 1. The molecule has 2 heterocycles. The van der Waals surface area contributed by atoms with Gasteiger partial charge >= 0.3 is 12.1 Å². The van der Waals surface area contributed by atoms with Gasteiger partial charge in [0.2, 0.25) is 0 Å². The van der Waals surface area contributed by atoms with Gasteiger partial charge in [-0.25, -0.2) is 4.79 Å². The zero-order chi connectivity index (χ0) is 25.4. The Morgan fingerprint density at radius 3 is 2.60 bits per heavy atom. The highest BCUT2D eigenvalue weighted by molar-refractivity contribution is 7.17. The fourth-order valence-corrected chi connectivity index (χ4v) is 5.85. The third kappa shape index (κ3) is 5.83. The maximum Gasteiger partial charge on any atom is 0.416 e. The lowest BCUT2D eigenvalue weighted by Gasteiger charge is -2.36. The molecule has 0 aliphatic carbocycles. The Bertz CT molecular complexity index is 1210. The van der Waals surface area contributed by atoms with Crippen molar-refractivity contribution in [3.8, 4) is 11.1 Å². The molecular weight excluding hydrogens is 471 g/mol. The van der Waals surface area contributed by atoms with E-state index < -0.39 is 17.7 Å². The molecule has 1 atom stereocenters. The lowest BCUT2D eigenvalue weighted by atomic mass is 9.84. The maximum atomic E-state index is 13.1. The largest absolute Gasteiger partial charge is 0.465 e. The van der Waals surface area contributed by atoms with Crippen LogP contribution in [0.25, 0.3) is 21.2 Å². The van der Waals surface area contributed by atoms with Crippen molar-refractivity contribution >= 4 is 33.1 Å². The fraction of sp³-hybridized carbons (Fsp3) is 0.464. The number of hydrogen-bond donors (Lipinski definition) is 0. The molecular formula is C28H32F3NO2S. The molecule has 7 heteroatoms. The molecule has 1 aliphatic rings. The van der Waals surface area contributed by atoms with Crippen molar-refractivity contribution in [1.82, 2.24) is 0 Å². The first-order chi connectivity index (χ1) is 16.5. The maximum absolute atomic E-state index is 13.1. The average Bonchev–Trinajstić information content (AvgIpc) is 3.24. The molecule has 35 heavy (non-hydrogen) atoms. The lowest BCUT2D eigenvalue weighted by molar-refractivity contribution is -0.137. The van der Waals surface area contributed by atoms with Crippen molar-refractivity contribution in [2.45, 2.75) is 52.6 Å². The van der Waals surface area contributed by atoms with E-state index in [4.69, 9.17) is 4.74 Å². The number of anilines is 1. The normalized spacial score (nSPS) is 17.1. The highest BCUT2D eigenvalue weighted by atomic mass is 32.1. The number of halogens is 3. The third-order valence-electron chi connectivity index (χ3n) is 6.78. The van der Waals surface area contributed by atoms with Crippen LogP contribution in [-0.2, 0) is 10.9 Å². The molecule has 0 spiro atoms. The second-order valence-corrected chi connectivity index (χ2v) is 11.5. The molecule has 1 aliphatic heterocycles. The molecule has 3 nitrogen and oxygen atoms in total. The van der Waals surface area contributed by atoms with E-state index in [2.05, 4.69) is 25.7 Å². The van der Waals surface area contributed by atoms with Crippen molar-refractivity contribution in [2.24, 2.45) is 11.3 Å². The van der Waals surface area contributed by atoms with Gasteiger partial charge in [0.05, 0.1) is 23.9 Å². The summed E-state index contributed by atoms with van der Waals surface area (Å²) in [4.78, 5) is 15.1. The molecule has 0 bridgehead atoms. The third-order valence-corrected chi connectivity index (χ3v) is 7.72. The Kier molecular flexibility index (Phi) is 7.18. The van der Waals surface area contributed by atoms with Crippen molar-refractivity contribution in [1.29, 1.82) is 0 Å². The van der Waals surface area contributed by atoms with Gasteiger partial charge in [-0.1, -0.05) is 32.9 Å². The predicted octanol–water partition coefficient (Wildman–Crippen LogP) is 8.42. The Labute approximate surface area is 208 Å². The number of rotatable bonds is 5. The lowest BCUT2D eigenvalue weighted by Crippen LogP contribution is -2.36. The minimum Gasteiger partial charge on any atom is -0.465 e. The van der Waals surface area contributed by atoms with Gasteiger partial charge < -0.3 is 9.64 Å². The predicted molar refractivity (Wildman–Crippen MR) is 137 cm³/mol. The zero-order valence-electron chi connectivity index (χ0n) is 20.7. The summed E-state index contributed by atoms with van der Waals surface area (Å²) in [5.74, 6) is 0.175. The number of alkyl halides is 3. The van der Waals surface area contributed by atoms with Gasteiger partial charge in [-0.05, 0) is 72.2 Å². The molecule has 0 radical (unpaired) electrons. The summed E-state index contributed by atoms with van der Waals surface area (Å²) in [5.41, 5.74) is 2.60. The molecule has 1 aromatic heterocycles. The highest BCUT2D eigenvalue weighted by Gasteiger charge is 2.31. The smallest absolute Gasteiger partial charge is 0.416 e. The first-order valence-corrected chi connectivity index (χ1v) is 12.9. The number of fused-ring (bicyclic) bond motifs is 1. The molecule has 2 aromatic carbocycles. The number of carbonyl (C=O) groups excluding carboxylic acids is 1. The molecule has 0 N–H and O–H groups in total. The van der Waals surface area contributed by atoms with Crippen LogP contribution in [-0.4, -0.2) is 26.2 Å². The van der Waals surface area contributed by atoms with E-state index in [-0.39, 0.29) is 0 Å². The number of methoxy groups -OCH3 is 1. The van der Waals surface area contributed by atoms with E-state index >= 15 is 0 Å². The fourth-order valence-electron chi connectivity index (χ4n) is 4.84. The molecule has 3 aromatic rings. The average molecular weight is 504 g/mol. The standard InChI is InChI=1S/C28H32F3NO2S/c1-27(2,3)12-11-18-6-5-13-32(16-18)24-10-7-19(14-22(24)26(33)34-4)23-17-35-25-15-20(28(29,30)31)8-9-21(23)25/h7-10,14-15,17-18H,5-6,11-13,16H2,1-4H3/t18-/m1/s1. The van der Waals surface area contributed by atoms with Gasteiger partial charge in [-0.2, -0.15) is 13.2 Å². The summed E-state index contributed by atoms with van der Waals surface area (Å²) in [6.07, 6.45) is 0.214. The van der Waals surface area contributed by atoms with Gasteiger partial charge in [0.15, 0.2) is 0 Å². The molecule has 0 saturated carbocycles. The Morgan fingerprint density at radius 1 is 1.14 bits per heavy atom. The van der Waals surface area contributed by atoms with Crippen LogP contribution < -0.4 is 4.90 Å². The van der Waals surface area contributed by atoms with Crippen LogP contribution in [0.1, 0.15) is 62.4 Å². The van der Waals surface area contributed by atoms with Crippen molar-refractivity contribution < 1.29 is 22.7 Å². The molecule has 188 valence electrons. The van der Waals surface area contributed by atoms with E-state index in [0.717, 1.165) is 60.6 Å². The van der Waals surface area contributed by atoms with E-state index in [1.54, 1.807) is 0 Å². The topological polar surface area (TPSA) is 29.5 Å². The number of hydrogen-bond acceptors (Lipinski definition) is 4. The molecule has 1 fully saturated rings. The van der Waals surface area contributed by atoms with Crippen LogP contribution in [0.15, 0.2) is 41.8 Å². The van der Waals surface area contributed by atoms with Crippen LogP contribution in [0.4, 0.5) is 18.9 Å². The SMILES string of the molecule is COC(=O)c1cc(-c2csc3cc(C(F)(F)F)ccc23)ccc1N1CCC[C@H](CCC(C)(C)C)C1. The number of benzene rings is 2. The first kappa shape index (κ1) is 25.5. The van der Waals surface area contributed by atoms with E-state index in [0.29, 0.717) is 21.6 Å². The summed E-state index contributed by atoms with van der Waals surface area (Å²) in [7, 11) is 1.37. The van der Waals surface area contributed by atoms with Crippen molar-refractivity contribution in [3.63, 3.8) is 0 Å². The molecule has 0 amide bonds. The summed E-state index contributed by atoms with van der Waals surface area (Å²) in [6.45, 7) is 8.58. The van der Waals surface area contributed by atoms with Gasteiger partial charge in [-0.3, -0.25) is 0 Å². The zero-order valence-corrected chi connectivity index (χ0v) is 21.5. The van der Waals surface area contributed by atoms with Crippen molar-refractivity contribution in [3.05, 3.63) is 52.9 Å². The number of thiophene rings is 1. The first-order valence-electron chi connectivity index (χ1n) is 12.0. The van der Waals surface area contributed by atoms with E-state index in [1.165, 1.54) is 37.0 Å². The van der Waals surface area contributed by atoms with Crippen LogP contribution in [0.2, 0.25) is 0 Å². The highest BCUT2D eigenvalue weighted by Crippen LogP contribution is 2.40. The summed E-state index contributed by atoms with van der Waals surface area (Å²) >= 11 is 1.27. The van der Waals surface area contributed by atoms with E-state index in [9.17, 15) is 18.0 Å². The molecule has 4 rings (SSSR count). The van der Waals surface area contributed by atoms with Crippen LogP contribution in [0, 0.1) is 11.3 Å². The van der Waals surface area contributed by atoms with Crippen LogP contribution in [0.3, 0.4) is 0 Å². The van der Waals surface area contributed by atoms with Gasteiger partial charge in [0.25, 0.3) is 0 Å². The summed E-state index contributed by atoms with van der Waals surface area (Å²) in [6, 6.07) is 9.55. The Balaban J connectivity index is 1.65. The van der Waals surface area contributed by atoms with Crippen molar-refractivity contribution in [2.75, 3.05) is 25.1 Å². The molecule has 1 saturated heterocycles. The number of ether oxygens (including phenoxy) is 1. The van der Waals surface area contributed by atoms with Crippen LogP contribution >= 0.6 is 11.3 Å². The number of esters is 1. The monoisotopic (exact) mass is 503 g/mol. The quantitative estimate of drug-likeness (QED) is 0.327. The summed E-state index contributed by atoms with van der Waals surface area (Å²) in [5, 5.41) is 2.59.